The molecule has 34 heavy (non-hydrogen) atoms. The van der Waals surface area contributed by atoms with Crippen molar-refractivity contribution in [3.8, 4) is 0 Å². The fraction of sp³-hybridized carbons (Fsp3) is 0.667. The van der Waals surface area contributed by atoms with E-state index in [9.17, 15) is 13.2 Å². The molecule has 1 spiro atoms. The monoisotopic (exact) mass is 516 g/mol. The number of rotatable bonds is 7. The summed E-state index contributed by atoms with van der Waals surface area (Å²) in [5.41, 5.74) is 0.770. The lowest BCUT2D eigenvalue weighted by Crippen LogP contribution is -2.23. The van der Waals surface area contributed by atoms with Crippen molar-refractivity contribution < 1.29 is 17.9 Å². The average molecular weight is 517 g/mol. The molecule has 3 aliphatic rings. The number of ether oxygens (including phenoxy) is 1. The molecule has 1 aromatic carbocycles. The zero-order valence-electron chi connectivity index (χ0n) is 19.4. The quantitative estimate of drug-likeness (QED) is 0.358. The number of alkyl halides is 3. The summed E-state index contributed by atoms with van der Waals surface area (Å²) in [7, 11) is 2.06. The molecule has 5 rings (SSSR count). The highest BCUT2D eigenvalue weighted by Gasteiger charge is 2.57. The Labute approximate surface area is 209 Å². The van der Waals surface area contributed by atoms with Gasteiger partial charge in [0.15, 0.2) is 5.16 Å². The molecule has 0 unspecified atom stereocenters. The van der Waals surface area contributed by atoms with E-state index in [1.807, 2.05) is 0 Å². The largest absolute Gasteiger partial charge is 0.416 e. The summed E-state index contributed by atoms with van der Waals surface area (Å²) in [6, 6.07) is 5.81. The van der Waals surface area contributed by atoms with Crippen molar-refractivity contribution in [3.63, 3.8) is 0 Å². The molecule has 3 fully saturated rings. The Bertz CT molecular complexity index is 964. The topological polar surface area (TPSA) is 43.2 Å². The van der Waals surface area contributed by atoms with E-state index < -0.39 is 11.7 Å². The first-order valence-electron chi connectivity index (χ1n) is 11.9. The molecule has 5 nitrogen and oxygen atoms in total. The highest BCUT2D eigenvalue weighted by atomic mass is 35.5. The summed E-state index contributed by atoms with van der Waals surface area (Å²) in [4.78, 5) is 2.52. The Morgan fingerprint density at radius 2 is 1.88 bits per heavy atom. The first kappa shape index (κ1) is 25.8. The van der Waals surface area contributed by atoms with Crippen LogP contribution in [0.2, 0.25) is 0 Å². The van der Waals surface area contributed by atoms with E-state index in [4.69, 9.17) is 4.74 Å². The fourth-order valence-electron chi connectivity index (χ4n) is 5.56. The lowest BCUT2D eigenvalue weighted by molar-refractivity contribution is -0.137. The van der Waals surface area contributed by atoms with Gasteiger partial charge in [0.1, 0.15) is 5.82 Å². The van der Waals surface area contributed by atoms with Gasteiger partial charge in [0.25, 0.3) is 0 Å². The van der Waals surface area contributed by atoms with Gasteiger partial charge in [0, 0.05) is 38.5 Å². The number of nitrogens with zero attached hydrogens (tertiary/aromatic N) is 4. The molecule has 0 bridgehead atoms. The highest BCUT2D eigenvalue weighted by molar-refractivity contribution is 7.99. The Morgan fingerprint density at radius 3 is 2.59 bits per heavy atom. The van der Waals surface area contributed by atoms with E-state index in [1.165, 1.54) is 12.1 Å². The van der Waals surface area contributed by atoms with Gasteiger partial charge in [-0.1, -0.05) is 23.9 Å². The van der Waals surface area contributed by atoms with Crippen LogP contribution in [0, 0.1) is 5.41 Å². The Hall–Kier alpha value is -1.29. The van der Waals surface area contributed by atoms with Gasteiger partial charge in [-0.2, -0.15) is 13.2 Å². The predicted molar refractivity (Wildman–Crippen MR) is 129 cm³/mol. The van der Waals surface area contributed by atoms with Gasteiger partial charge < -0.3 is 14.2 Å². The molecule has 0 amide bonds. The number of likely N-dealkylation sites (tertiary alicyclic amines) is 1. The normalized spacial score (nSPS) is 25.6. The minimum Gasteiger partial charge on any atom is -0.381 e. The maximum Gasteiger partial charge on any atom is 0.416 e. The van der Waals surface area contributed by atoms with Crippen molar-refractivity contribution in [2.24, 2.45) is 12.5 Å². The number of hydrogen-bond donors (Lipinski definition) is 0. The molecule has 0 N–H and O–H groups in total. The third-order valence-corrected chi connectivity index (χ3v) is 8.71. The zero-order valence-corrected chi connectivity index (χ0v) is 21.0. The van der Waals surface area contributed by atoms with Gasteiger partial charge in [-0.3, -0.25) is 0 Å². The van der Waals surface area contributed by atoms with E-state index in [2.05, 4.69) is 26.7 Å². The highest BCUT2D eigenvalue weighted by Crippen LogP contribution is 2.64. The number of benzene rings is 1. The third-order valence-electron chi connectivity index (χ3n) is 7.60. The standard InChI is InChI=1S/C24H31F3N4OS.ClH/c1-30-21(18-7-12-32-13-8-18)28-29-22(30)33-14-2-10-31-11-9-23(16-31)15-20(23)17-3-5-19(6-4-17)24(25,26)27;/h3-6,18,20H,2,7-16H2,1H3;1H/t20-,23-;/m0./s1. The SMILES string of the molecule is Cl.Cn1c(SCCCN2CC[C@]3(C[C@H]3c3ccc(C(F)(F)F)cc3)C2)nnc1C1CCOCC1. The summed E-state index contributed by atoms with van der Waals surface area (Å²) < 4.78 is 46.1. The van der Waals surface area contributed by atoms with Gasteiger partial charge >= 0.3 is 6.18 Å². The summed E-state index contributed by atoms with van der Waals surface area (Å²) in [6.07, 6.45) is 1.09. The van der Waals surface area contributed by atoms with E-state index in [0.29, 0.717) is 11.8 Å². The van der Waals surface area contributed by atoms with Gasteiger partial charge in [-0.05, 0) is 74.2 Å². The molecule has 1 saturated carbocycles. The van der Waals surface area contributed by atoms with Crippen molar-refractivity contribution in [2.45, 2.75) is 55.3 Å². The van der Waals surface area contributed by atoms with Crippen molar-refractivity contribution in [1.29, 1.82) is 0 Å². The van der Waals surface area contributed by atoms with Crippen LogP contribution in [0.1, 0.15) is 60.9 Å². The van der Waals surface area contributed by atoms with E-state index in [0.717, 1.165) is 87.2 Å². The second-order valence-corrected chi connectivity index (χ2v) is 10.8. The van der Waals surface area contributed by atoms with Crippen LogP contribution in [0.3, 0.4) is 0 Å². The number of hydrogen-bond acceptors (Lipinski definition) is 5. The second-order valence-electron chi connectivity index (χ2n) is 9.75. The maximum absolute atomic E-state index is 12.8. The van der Waals surface area contributed by atoms with E-state index in [-0.39, 0.29) is 17.8 Å². The Morgan fingerprint density at radius 1 is 1.15 bits per heavy atom. The molecule has 2 atom stereocenters. The zero-order chi connectivity index (χ0) is 23.1. The Kier molecular flexibility index (Phi) is 7.86. The van der Waals surface area contributed by atoms with E-state index in [1.54, 1.807) is 23.9 Å². The number of aromatic nitrogens is 3. The average Bonchev–Trinajstić information content (AvgIpc) is 3.15. The number of thioether (sulfide) groups is 1. The van der Waals surface area contributed by atoms with Crippen LogP contribution in [-0.4, -0.2) is 58.3 Å². The summed E-state index contributed by atoms with van der Waals surface area (Å²) in [5.74, 6) is 2.93. The summed E-state index contributed by atoms with van der Waals surface area (Å²) >= 11 is 1.77. The molecular weight excluding hydrogens is 485 g/mol. The molecule has 1 aliphatic carbocycles. The molecular formula is C24H32ClF3N4OS. The van der Waals surface area contributed by atoms with Crippen LogP contribution in [0.25, 0.3) is 0 Å². The smallest absolute Gasteiger partial charge is 0.381 e. The molecule has 1 aromatic heterocycles. The van der Waals surface area contributed by atoms with Crippen LogP contribution in [0.4, 0.5) is 13.2 Å². The molecule has 2 aliphatic heterocycles. The Balaban J connectivity index is 0.00000274. The molecule has 2 saturated heterocycles. The molecule has 2 aromatic rings. The van der Waals surface area contributed by atoms with Crippen LogP contribution in [0.15, 0.2) is 29.4 Å². The van der Waals surface area contributed by atoms with Gasteiger partial charge in [-0.15, -0.1) is 22.6 Å². The molecule has 10 heteroatoms. The van der Waals surface area contributed by atoms with Crippen molar-refractivity contribution >= 4 is 24.2 Å². The van der Waals surface area contributed by atoms with Gasteiger partial charge in [0.2, 0.25) is 0 Å². The van der Waals surface area contributed by atoms with Gasteiger partial charge in [0.05, 0.1) is 5.56 Å². The third kappa shape index (κ3) is 5.42. The fourth-order valence-corrected chi connectivity index (χ4v) is 6.41. The van der Waals surface area contributed by atoms with Crippen LogP contribution >= 0.6 is 24.2 Å². The van der Waals surface area contributed by atoms with E-state index >= 15 is 0 Å². The molecule has 0 radical (unpaired) electrons. The second kappa shape index (κ2) is 10.4. The van der Waals surface area contributed by atoms with Crippen LogP contribution in [-0.2, 0) is 18.0 Å². The lowest BCUT2D eigenvalue weighted by Gasteiger charge is -2.21. The summed E-state index contributed by atoms with van der Waals surface area (Å²) in [6.45, 7) is 4.80. The van der Waals surface area contributed by atoms with Crippen LogP contribution in [0.5, 0.6) is 0 Å². The predicted octanol–water partition coefficient (Wildman–Crippen LogP) is 5.51. The van der Waals surface area contributed by atoms with Crippen molar-refractivity contribution in [2.75, 3.05) is 38.6 Å². The lowest BCUT2D eigenvalue weighted by atomic mass is 9.97. The first-order valence-corrected chi connectivity index (χ1v) is 12.8. The number of halogens is 4. The minimum atomic E-state index is -4.26. The van der Waals surface area contributed by atoms with Gasteiger partial charge in [-0.25, -0.2) is 0 Å². The molecule has 3 heterocycles. The van der Waals surface area contributed by atoms with Crippen molar-refractivity contribution in [3.05, 3.63) is 41.2 Å². The minimum absolute atomic E-state index is 0. The molecule has 188 valence electrons. The van der Waals surface area contributed by atoms with Crippen LogP contribution < -0.4 is 0 Å². The maximum atomic E-state index is 12.8. The first-order chi connectivity index (χ1) is 15.9. The van der Waals surface area contributed by atoms with Crippen molar-refractivity contribution in [1.82, 2.24) is 19.7 Å². The summed E-state index contributed by atoms with van der Waals surface area (Å²) in [5, 5.41) is 9.84.